The highest BCUT2D eigenvalue weighted by atomic mass is 79.9. The molecule has 0 saturated carbocycles. The first kappa shape index (κ1) is 21.4. The second-order valence-corrected chi connectivity index (χ2v) is 6.18. The summed E-state index contributed by atoms with van der Waals surface area (Å²) >= 11 is 5.43. The highest BCUT2D eigenvalue weighted by Gasteiger charge is 2.15. The van der Waals surface area contributed by atoms with E-state index in [2.05, 4.69) is 6.58 Å². The van der Waals surface area contributed by atoms with E-state index >= 15 is 0 Å². The Morgan fingerprint density at radius 3 is 2.39 bits per heavy atom. The zero-order valence-corrected chi connectivity index (χ0v) is 17.1. The van der Waals surface area contributed by atoms with Crippen LogP contribution in [0.25, 0.3) is 10.9 Å². The minimum absolute atomic E-state index is 0. The molecule has 0 bridgehead atoms. The lowest BCUT2D eigenvalue weighted by molar-refractivity contribution is -0.384. The van der Waals surface area contributed by atoms with E-state index in [0.29, 0.717) is 16.5 Å². The van der Waals surface area contributed by atoms with Gasteiger partial charge < -0.3 is 4.57 Å². The summed E-state index contributed by atoms with van der Waals surface area (Å²) in [7, 11) is 0. The second-order valence-electron chi connectivity index (χ2n) is 5.82. The average molecular weight is 462 g/mol. The average Bonchev–Trinajstić information content (AvgIpc) is 2.68. The minimum atomic E-state index is -0.525. The Morgan fingerprint density at radius 1 is 1.14 bits per heavy atom. The molecule has 9 heteroatoms. The molecule has 0 fully saturated rings. The van der Waals surface area contributed by atoms with Gasteiger partial charge in [0.2, 0.25) is 0 Å². The van der Waals surface area contributed by atoms with Gasteiger partial charge in [0.25, 0.3) is 11.2 Å². The first-order valence-corrected chi connectivity index (χ1v) is 8.46. The highest BCUT2D eigenvalue weighted by Crippen LogP contribution is 2.15. The number of fused-ring (bicyclic) bond motifs is 1. The quantitative estimate of drug-likeness (QED) is 0.181. The Bertz CT molecular complexity index is 1180. The maximum absolute atomic E-state index is 12.7. The highest BCUT2D eigenvalue weighted by molar-refractivity contribution is 8.93. The number of hydrogen-bond donors (Lipinski definition) is 0. The topological polar surface area (TPSA) is 87.1 Å². The van der Waals surface area contributed by atoms with Gasteiger partial charge in [-0.2, -0.15) is 0 Å². The molecule has 7 nitrogen and oxygen atoms in total. The van der Waals surface area contributed by atoms with Crippen molar-refractivity contribution in [2.24, 2.45) is 0 Å². The fraction of sp³-hybridized carbons (Fsp3) is 0.105. The van der Waals surface area contributed by atoms with Crippen LogP contribution < -0.4 is 5.56 Å². The number of nitro benzene ring substituents is 1. The molecule has 0 unspecified atom stereocenters. The van der Waals surface area contributed by atoms with E-state index in [0.717, 1.165) is 0 Å². The lowest BCUT2D eigenvalue weighted by Crippen LogP contribution is -2.26. The number of benzene rings is 2. The number of hydrogen-bond acceptors (Lipinski definition) is 5. The third-order valence-corrected chi connectivity index (χ3v) is 4.59. The van der Waals surface area contributed by atoms with Crippen molar-refractivity contribution in [1.29, 1.82) is 0 Å². The van der Waals surface area contributed by atoms with E-state index in [9.17, 15) is 19.7 Å². The first-order valence-electron chi connectivity index (χ1n) is 8.05. The molecule has 3 rings (SSSR count). The molecule has 144 valence electrons. The van der Waals surface area contributed by atoms with Crippen molar-refractivity contribution in [3.05, 3.63) is 92.0 Å². The largest absolute Gasteiger partial charge is 0.310 e. The molecular formula is C19H16BrN3O4S. The number of ketones is 1. The lowest BCUT2D eigenvalue weighted by atomic mass is 10.1. The Balaban J connectivity index is 0.00000280. The number of non-ortho nitro benzene ring substituents is 1. The molecule has 0 amide bonds. The fourth-order valence-electron chi connectivity index (χ4n) is 2.82. The summed E-state index contributed by atoms with van der Waals surface area (Å²) in [6.07, 6.45) is 1.56. The number of aromatic nitrogens is 2. The zero-order valence-electron chi connectivity index (χ0n) is 14.6. The molecule has 0 aliphatic carbocycles. The number of Topliss-reactive ketones (excluding diaryl/α,β-unsaturated/α-hetero) is 1. The van der Waals surface area contributed by atoms with Gasteiger partial charge in [0.15, 0.2) is 10.6 Å². The van der Waals surface area contributed by atoms with Crippen LogP contribution >= 0.6 is 29.2 Å². The Morgan fingerprint density at radius 2 is 1.79 bits per heavy atom. The van der Waals surface area contributed by atoms with E-state index in [4.69, 9.17) is 12.2 Å². The van der Waals surface area contributed by atoms with Crippen LogP contribution in [0.15, 0.2) is 66.0 Å². The van der Waals surface area contributed by atoms with Gasteiger partial charge >= 0.3 is 0 Å². The maximum atomic E-state index is 12.7. The molecule has 0 aliphatic heterocycles. The summed E-state index contributed by atoms with van der Waals surface area (Å²) in [5.74, 6) is -0.269. The summed E-state index contributed by atoms with van der Waals surface area (Å²) in [6, 6.07) is 12.3. The van der Waals surface area contributed by atoms with Crippen molar-refractivity contribution in [1.82, 2.24) is 9.13 Å². The number of halogens is 1. The molecule has 0 spiro atoms. The molecule has 0 N–H and O–H groups in total. The molecule has 0 saturated heterocycles. The molecular weight excluding hydrogens is 446 g/mol. The lowest BCUT2D eigenvalue weighted by Gasteiger charge is -2.14. The van der Waals surface area contributed by atoms with Crippen LogP contribution in [-0.2, 0) is 13.1 Å². The third kappa shape index (κ3) is 4.00. The molecule has 1 heterocycles. The SMILES string of the molecule is Br.C=CCn1c(=O)c2ccccc2n(CC(=O)c2ccc([N+](=O)[O-])cc2)c1=S. The molecule has 1 aromatic heterocycles. The summed E-state index contributed by atoms with van der Waals surface area (Å²) in [5, 5.41) is 11.2. The van der Waals surface area contributed by atoms with Crippen molar-refractivity contribution in [2.75, 3.05) is 0 Å². The van der Waals surface area contributed by atoms with Crippen LogP contribution in [0, 0.1) is 14.9 Å². The van der Waals surface area contributed by atoms with E-state index in [-0.39, 0.29) is 51.9 Å². The normalized spacial score (nSPS) is 10.3. The zero-order chi connectivity index (χ0) is 19.6. The van der Waals surface area contributed by atoms with Gasteiger partial charge in [-0.15, -0.1) is 23.6 Å². The summed E-state index contributed by atoms with van der Waals surface area (Å²) in [6.45, 7) is 3.78. The van der Waals surface area contributed by atoms with Crippen molar-refractivity contribution < 1.29 is 9.72 Å². The monoisotopic (exact) mass is 461 g/mol. The van der Waals surface area contributed by atoms with E-state index in [1.54, 1.807) is 34.9 Å². The van der Waals surface area contributed by atoms with Crippen molar-refractivity contribution in [2.45, 2.75) is 13.1 Å². The standard InChI is InChI=1S/C19H15N3O4S.BrH/c1-2-11-20-18(24)15-5-3-4-6-16(15)21(19(20)27)12-17(23)13-7-9-14(10-8-13)22(25)26;/h2-10H,1,11-12H2;1H. The van der Waals surface area contributed by atoms with Gasteiger partial charge in [0, 0.05) is 24.2 Å². The number of allylic oxidation sites excluding steroid dienone is 1. The van der Waals surface area contributed by atoms with Crippen LogP contribution in [0.2, 0.25) is 0 Å². The molecule has 2 aromatic carbocycles. The first-order chi connectivity index (χ1) is 12.9. The number of rotatable bonds is 6. The van der Waals surface area contributed by atoms with Crippen LogP contribution in [0.4, 0.5) is 5.69 Å². The van der Waals surface area contributed by atoms with Gasteiger partial charge in [-0.1, -0.05) is 18.2 Å². The summed E-state index contributed by atoms with van der Waals surface area (Å²) in [4.78, 5) is 35.6. The fourth-order valence-corrected chi connectivity index (χ4v) is 3.14. The van der Waals surface area contributed by atoms with Gasteiger partial charge in [0.05, 0.1) is 22.4 Å². The van der Waals surface area contributed by atoms with Crippen LogP contribution in [0.1, 0.15) is 10.4 Å². The predicted octanol–water partition coefficient (Wildman–Crippen LogP) is 4.09. The van der Waals surface area contributed by atoms with Crippen molar-refractivity contribution in [3.8, 4) is 0 Å². The van der Waals surface area contributed by atoms with Crippen LogP contribution in [0.5, 0.6) is 0 Å². The summed E-state index contributed by atoms with van der Waals surface area (Å²) in [5.41, 5.74) is 0.554. The van der Waals surface area contributed by atoms with Crippen LogP contribution in [-0.4, -0.2) is 19.8 Å². The van der Waals surface area contributed by atoms with Crippen molar-refractivity contribution in [3.63, 3.8) is 0 Å². The smallest absolute Gasteiger partial charge is 0.269 e. The number of para-hydroxylation sites is 1. The van der Waals surface area contributed by atoms with Gasteiger partial charge in [0.1, 0.15) is 0 Å². The molecule has 3 aromatic rings. The predicted molar refractivity (Wildman–Crippen MR) is 115 cm³/mol. The number of nitrogens with zero attached hydrogens (tertiary/aromatic N) is 3. The Labute approximate surface area is 175 Å². The number of nitro groups is 1. The minimum Gasteiger partial charge on any atom is -0.310 e. The van der Waals surface area contributed by atoms with E-state index in [1.807, 2.05) is 0 Å². The van der Waals surface area contributed by atoms with Gasteiger partial charge in [-0.3, -0.25) is 24.3 Å². The molecule has 0 radical (unpaired) electrons. The van der Waals surface area contributed by atoms with Gasteiger partial charge in [-0.25, -0.2) is 0 Å². The third-order valence-electron chi connectivity index (χ3n) is 4.15. The number of carbonyl (C=O) groups excluding carboxylic acids is 1. The van der Waals surface area contributed by atoms with Crippen molar-refractivity contribution >= 4 is 51.6 Å². The molecule has 0 atom stereocenters. The Hall–Kier alpha value is -2.91. The van der Waals surface area contributed by atoms with E-state index in [1.165, 1.54) is 28.8 Å². The van der Waals surface area contributed by atoms with Crippen LogP contribution in [0.3, 0.4) is 0 Å². The van der Waals surface area contributed by atoms with E-state index < -0.39 is 4.92 Å². The Kier molecular flexibility index (Phi) is 6.76. The maximum Gasteiger partial charge on any atom is 0.269 e. The van der Waals surface area contributed by atoms with Gasteiger partial charge in [-0.05, 0) is 36.5 Å². The summed E-state index contributed by atoms with van der Waals surface area (Å²) < 4.78 is 3.20. The second kappa shape index (κ2) is 8.85. The number of carbonyl (C=O) groups is 1. The molecule has 28 heavy (non-hydrogen) atoms. The molecule has 0 aliphatic rings.